The van der Waals surface area contributed by atoms with E-state index in [1.807, 2.05) is 0 Å². The van der Waals surface area contributed by atoms with Gasteiger partial charge >= 0.3 is 0 Å². The summed E-state index contributed by atoms with van der Waals surface area (Å²) >= 11 is 1.29. The molecule has 7 heteroatoms. The molecule has 2 N–H and O–H groups in total. The van der Waals surface area contributed by atoms with E-state index in [1.165, 1.54) is 29.5 Å². The molecular weight excluding hydrogens is 356 g/mol. The van der Waals surface area contributed by atoms with Crippen LogP contribution in [0.25, 0.3) is 11.3 Å². The summed E-state index contributed by atoms with van der Waals surface area (Å²) in [7, 11) is 0. The van der Waals surface area contributed by atoms with Crippen molar-refractivity contribution in [2.24, 2.45) is 0 Å². The third kappa shape index (κ3) is 4.50. The van der Waals surface area contributed by atoms with E-state index < -0.39 is 0 Å². The van der Waals surface area contributed by atoms with Crippen LogP contribution in [0, 0.1) is 11.6 Å². The minimum Gasteiger partial charge on any atom is -0.302 e. The number of benzene rings is 2. The van der Waals surface area contributed by atoms with E-state index in [2.05, 4.69) is 15.6 Å². The molecule has 1 atom stereocenters. The molecule has 3 aromatic rings. The Kier molecular flexibility index (Phi) is 5.70. The zero-order chi connectivity index (χ0) is 18.5. The first kappa shape index (κ1) is 18.2. The van der Waals surface area contributed by atoms with E-state index in [1.54, 1.807) is 42.6 Å². The maximum atomic E-state index is 13.7. The van der Waals surface area contributed by atoms with Gasteiger partial charge in [-0.2, -0.15) is 0 Å². The number of hydrogen-bond acceptors (Lipinski definition) is 4. The van der Waals surface area contributed by atoms with Gasteiger partial charge in [0.1, 0.15) is 11.6 Å². The molecule has 0 aliphatic rings. The van der Waals surface area contributed by atoms with Crippen LogP contribution in [0.5, 0.6) is 0 Å². The number of hydrogen-bond donors (Lipinski definition) is 2. The zero-order valence-electron chi connectivity index (χ0n) is 14.0. The fraction of sp³-hybridized carbons (Fsp3) is 0.158. The number of anilines is 1. The van der Waals surface area contributed by atoms with Crippen LogP contribution in [0.2, 0.25) is 0 Å². The molecule has 0 fully saturated rings. The summed E-state index contributed by atoms with van der Waals surface area (Å²) in [6, 6.07) is 12.1. The molecule has 0 saturated heterocycles. The fourth-order valence-corrected chi connectivity index (χ4v) is 3.17. The molecule has 0 aliphatic heterocycles. The lowest BCUT2D eigenvalue weighted by Crippen LogP contribution is -2.30. The molecule has 4 nitrogen and oxygen atoms in total. The number of rotatable bonds is 6. The molecule has 1 heterocycles. The van der Waals surface area contributed by atoms with Gasteiger partial charge in [-0.05, 0) is 37.3 Å². The quantitative estimate of drug-likeness (QED) is 0.674. The summed E-state index contributed by atoms with van der Waals surface area (Å²) < 4.78 is 26.7. The number of nitrogens with zero attached hydrogens (tertiary/aromatic N) is 1. The van der Waals surface area contributed by atoms with Crippen molar-refractivity contribution in [1.29, 1.82) is 0 Å². The Morgan fingerprint density at radius 1 is 1.15 bits per heavy atom. The number of carbonyl (C=O) groups excluding carboxylic acids is 1. The molecule has 26 heavy (non-hydrogen) atoms. The minimum atomic E-state index is -0.312. The van der Waals surface area contributed by atoms with Crippen LogP contribution in [-0.4, -0.2) is 17.4 Å². The third-order valence-corrected chi connectivity index (χ3v) is 4.59. The number of amides is 1. The lowest BCUT2D eigenvalue weighted by molar-refractivity contribution is -0.115. The Balaban J connectivity index is 1.55. The van der Waals surface area contributed by atoms with Crippen molar-refractivity contribution >= 4 is 22.4 Å². The summed E-state index contributed by atoms with van der Waals surface area (Å²) in [5, 5.41) is 7.93. The van der Waals surface area contributed by atoms with Gasteiger partial charge in [0.05, 0.1) is 12.2 Å². The number of carbonyl (C=O) groups is 1. The van der Waals surface area contributed by atoms with Gasteiger partial charge in [-0.25, -0.2) is 13.8 Å². The van der Waals surface area contributed by atoms with Crippen molar-refractivity contribution in [3.8, 4) is 11.3 Å². The molecule has 0 spiro atoms. The Hall–Kier alpha value is -2.64. The van der Waals surface area contributed by atoms with Crippen molar-refractivity contribution in [3.05, 3.63) is 71.1 Å². The topological polar surface area (TPSA) is 54.0 Å². The van der Waals surface area contributed by atoms with E-state index in [-0.39, 0.29) is 30.1 Å². The van der Waals surface area contributed by atoms with Gasteiger partial charge in [0.2, 0.25) is 5.91 Å². The molecular formula is C19H17F2N3OS. The lowest BCUT2D eigenvalue weighted by Gasteiger charge is -2.14. The van der Waals surface area contributed by atoms with Gasteiger partial charge in [0, 0.05) is 22.5 Å². The Labute approximate surface area is 153 Å². The number of thiazole rings is 1. The van der Waals surface area contributed by atoms with Crippen LogP contribution in [0.4, 0.5) is 13.9 Å². The Morgan fingerprint density at radius 2 is 1.88 bits per heavy atom. The summed E-state index contributed by atoms with van der Waals surface area (Å²) in [5.74, 6) is -0.891. The first-order valence-electron chi connectivity index (χ1n) is 8.02. The van der Waals surface area contributed by atoms with Gasteiger partial charge in [0.25, 0.3) is 0 Å². The maximum absolute atomic E-state index is 13.7. The second-order valence-electron chi connectivity index (χ2n) is 5.72. The van der Waals surface area contributed by atoms with Crippen molar-refractivity contribution in [3.63, 3.8) is 0 Å². The molecule has 1 amide bonds. The minimum absolute atomic E-state index is 0.0287. The third-order valence-electron chi connectivity index (χ3n) is 3.83. The number of nitrogens with one attached hydrogen (secondary N) is 2. The fourth-order valence-electron chi connectivity index (χ4n) is 2.43. The number of halogens is 2. The van der Waals surface area contributed by atoms with Crippen LogP contribution >= 0.6 is 11.3 Å². The van der Waals surface area contributed by atoms with E-state index in [9.17, 15) is 13.6 Å². The summed E-state index contributed by atoms with van der Waals surface area (Å²) in [6.45, 7) is 1.82. The van der Waals surface area contributed by atoms with Crippen molar-refractivity contribution in [2.45, 2.75) is 13.0 Å². The highest BCUT2D eigenvalue weighted by molar-refractivity contribution is 7.14. The van der Waals surface area contributed by atoms with Gasteiger partial charge in [0.15, 0.2) is 5.13 Å². The molecule has 0 radical (unpaired) electrons. The predicted octanol–water partition coefficient (Wildman–Crippen LogP) is 4.38. The Morgan fingerprint density at radius 3 is 2.62 bits per heavy atom. The van der Waals surface area contributed by atoms with E-state index in [0.29, 0.717) is 16.4 Å². The molecule has 0 aliphatic carbocycles. The molecule has 1 aromatic heterocycles. The highest BCUT2D eigenvalue weighted by Gasteiger charge is 2.13. The molecule has 1 unspecified atom stereocenters. The summed E-state index contributed by atoms with van der Waals surface area (Å²) in [5.41, 5.74) is 1.94. The van der Waals surface area contributed by atoms with Crippen LogP contribution in [-0.2, 0) is 4.79 Å². The monoisotopic (exact) mass is 373 g/mol. The SMILES string of the molecule is CC(NCC(=O)Nc1nc(-c2ccc(F)cc2)cs1)c1ccccc1F. The second-order valence-corrected chi connectivity index (χ2v) is 6.58. The molecule has 134 valence electrons. The molecule has 2 aromatic carbocycles. The smallest absolute Gasteiger partial charge is 0.240 e. The molecule has 0 bridgehead atoms. The lowest BCUT2D eigenvalue weighted by atomic mass is 10.1. The first-order valence-corrected chi connectivity index (χ1v) is 8.90. The maximum Gasteiger partial charge on any atom is 0.240 e. The van der Waals surface area contributed by atoms with Crippen LogP contribution in [0.3, 0.4) is 0 Å². The summed E-state index contributed by atoms with van der Waals surface area (Å²) in [6.07, 6.45) is 0. The standard InChI is InChI=1S/C19H17F2N3OS/c1-12(15-4-2-3-5-16(15)21)22-10-18(25)24-19-23-17(11-26-19)13-6-8-14(20)9-7-13/h2-9,11-12,22H,10H2,1H3,(H,23,24,25). The predicted molar refractivity (Wildman–Crippen MR) is 99.0 cm³/mol. The van der Waals surface area contributed by atoms with Gasteiger partial charge in [-0.3, -0.25) is 4.79 Å². The van der Waals surface area contributed by atoms with Gasteiger partial charge < -0.3 is 10.6 Å². The summed E-state index contributed by atoms with van der Waals surface area (Å²) in [4.78, 5) is 16.4. The normalized spacial score (nSPS) is 12.0. The average molecular weight is 373 g/mol. The largest absolute Gasteiger partial charge is 0.302 e. The van der Waals surface area contributed by atoms with Gasteiger partial charge in [-0.15, -0.1) is 11.3 Å². The number of aromatic nitrogens is 1. The molecule has 3 rings (SSSR count). The highest BCUT2D eigenvalue weighted by atomic mass is 32.1. The van der Waals surface area contributed by atoms with E-state index in [4.69, 9.17) is 0 Å². The van der Waals surface area contributed by atoms with E-state index >= 15 is 0 Å². The second kappa shape index (κ2) is 8.16. The highest BCUT2D eigenvalue weighted by Crippen LogP contribution is 2.25. The van der Waals surface area contributed by atoms with Crippen LogP contribution in [0.15, 0.2) is 53.9 Å². The Bertz CT molecular complexity index is 896. The van der Waals surface area contributed by atoms with Crippen molar-refractivity contribution < 1.29 is 13.6 Å². The van der Waals surface area contributed by atoms with Crippen LogP contribution in [0.1, 0.15) is 18.5 Å². The van der Waals surface area contributed by atoms with Gasteiger partial charge in [-0.1, -0.05) is 18.2 Å². The van der Waals surface area contributed by atoms with Crippen molar-refractivity contribution in [2.75, 3.05) is 11.9 Å². The van der Waals surface area contributed by atoms with E-state index in [0.717, 1.165) is 5.56 Å². The van der Waals surface area contributed by atoms with Crippen LogP contribution < -0.4 is 10.6 Å². The zero-order valence-corrected chi connectivity index (χ0v) is 14.8. The average Bonchev–Trinajstić information content (AvgIpc) is 3.09. The van der Waals surface area contributed by atoms with Crippen molar-refractivity contribution in [1.82, 2.24) is 10.3 Å². The first-order chi connectivity index (χ1) is 12.5. The molecule has 0 saturated carbocycles.